The van der Waals surface area contributed by atoms with Crippen LogP contribution in [0.2, 0.25) is 0 Å². The number of ether oxygens (including phenoxy) is 2. The van der Waals surface area contributed by atoms with E-state index >= 15 is 0 Å². The van der Waals surface area contributed by atoms with Gasteiger partial charge in [0.15, 0.2) is 0 Å². The molecule has 1 aliphatic rings. The molecule has 0 aliphatic carbocycles. The van der Waals surface area contributed by atoms with Crippen molar-refractivity contribution in [3.63, 3.8) is 0 Å². The lowest BCUT2D eigenvalue weighted by Crippen LogP contribution is -2.47. The minimum Gasteiger partial charge on any atom is -0.497 e. The Labute approximate surface area is 165 Å². The second-order valence-electron chi connectivity index (χ2n) is 6.85. The molecule has 0 bridgehead atoms. The van der Waals surface area contributed by atoms with E-state index < -0.39 is 0 Å². The molecule has 0 atom stereocenters. The molecule has 0 saturated carbocycles. The Morgan fingerprint density at radius 1 is 1.04 bits per heavy atom. The fourth-order valence-corrected chi connectivity index (χ4v) is 3.40. The van der Waals surface area contributed by atoms with E-state index in [9.17, 15) is 9.59 Å². The van der Waals surface area contributed by atoms with Gasteiger partial charge in [-0.25, -0.2) is 0 Å². The fraction of sp³-hybridized carbons (Fsp3) is 0.364. The average molecular weight is 382 g/mol. The van der Waals surface area contributed by atoms with Crippen LogP contribution in [0.15, 0.2) is 48.5 Å². The first-order chi connectivity index (χ1) is 13.6. The summed E-state index contributed by atoms with van der Waals surface area (Å²) in [6, 6.07) is 14.8. The third kappa shape index (κ3) is 4.82. The van der Waals surface area contributed by atoms with Gasteiger partial charge in [-0.05, 0) is 31.0 Å². The van der Waals surface area contributed by atoms with E-state index in [0.717, 1.165) is 18.4 Å². The summed E-state index contributed by atoms with van der Waals surface area (Å²) in [5, 5.41) is 3.06. The molecule has 1 aliphatic heterocycles. The number of amides is 2. The number of hydrogen-bond donors (Lipinski definition) is 1. The highest BCUT2D eigenvalue weighted by molar-refractivity contribution is 5.94. The molecule has 2 amide bonds. The summed E-state index contributed by atoms with van der Waals surface area (Å²) in [6.45, 7) is 1.27. The smallest absolute Gasteiger partial charge is 0.251 e. The van der Waals surface area contributed by atoms with Crippen LogP contribution in [-0.4, -0.2) is 50.1 Å². The molecule has 3 rings (SSSR count). The first-order valence-corrected chi connectivity index (χ1v) is 9.45. The van der Waals surface area contributed by atoms with Gasteiger partial charge in [0.1, 0.15) is 11.5 Å². The van der Waals surface area contributed by atoms with Gasteiger partial charge in [-0.15, -0.1) is 0 Å². The Balaban J connectivity index is 1.52. The van der Waals surface area contributed by atoms with Gasteiger partial charge >= 0.3 is 0 Å². The molecule has 1 fully saturated rings. The zero-order valence-corrected chi connectivity index (χ0v) is 16.3. The van der Waals surface area contributed by atoms with Crippen LogP contribution in [0.25, 0.3) is 0 Å². The molecule has 1 heterocycles. The van der Waals surface area contributed by atoms with E-state index in [1.165, 1.54) is 0 Å². The number of benzene rings is 2. The first kappa shape index (κ1) is 19.7. The number of nitrogens with one attached hydrogen (secondary N) is 1. The third-order valence-electron chi connectivity index (χ3n) is 5.05. The molecule has 0 radical (unpaired) electrons. The minimum absolute atomic E-state index is 0.0617. The third-order valence-corrected chi connectivity index (χ3v) is 5.05. The summed E-state index contributed by atoms with van der Waals surface area (Å²) in [6.07, 6.45) is 1.79. The van der Waals surface area contributed by atoms with Crippen LogP contribution in [0.4, 0.5) is 0 Å². The SMILES string of the molecule is COc1ccc(CC(=O)N2CCC(NC(=O)c3ccccc3)CC2)c(OC)c1. The lowest BCUT2D eigenvalue weighted by molar-refractivity contribution is -0.131. The first-order valence-electron chi connectivity index (χ1n) is 9.45. The maximum absolute atomic E-state index is 12.7. The predicted octanol–water partition coefficient (Wildman–Crippen LogP) is 2.67. The Bertz CT molecular complexity index is 815. The van der Waals surface area contributed by atoms with Crippen molar-refractivity contribution in [3.05, 3.63) is 59.7 Å². The Hall–Kier alpha value is -3.02. The molecule has 28 heavy (non-hydrogen) atoms. The topological polar surface area (TPSA) is 67.9 Å². The number of likely N-dealkylation sites (tertiary alicyclic amines) is 1. The summed E-state index contributed by atoms with van der Waals surface area (Å²) in [5.41, 5.74) is 1.50. The maximum atomic E-state index is 12.7. The van der Waals surface area contributed by atoms with E-state index in [1.807, 2.05) is 35.2 Å². The number of methoxy groups -OCH3 is 2. The van der Waals surface area contributed by atoms with Crippen LogP contribution in [0.1, 0.15) is 28.8 Å². The number of rotatable bonds is 6. The van der Waals surface area contributed by atoms with Gasteiger partial charge in [0, 0.05) is 36.3 Å². The van der Waals surface area contributed by atoms with Crippen molar-refractivity contribution in [2.75, 3.05) is 27.3 Å². The lowest BCUT2D eigenvalue weighted by atomic mass is 10.0. The van der Waals surface area contributed by atoms with E-state index in [0.29, 0.717) is 30.2 Å². The second-order valence-corrected chi connectivity index (χ2v) is 6.85. The molecule has 0 unspecified atom stereocenters. The van der Waals surface area contributed by atoms with Gasteiger partial charge in [-0.1, -0.05) is 24.3 Å². The highest BCUT2D eigenvalue weighted by atomic mass is 16.5. The summed E-state index contributed by atoms with van der Waals surface area (Å²) < 4.78 is 10.6. The number of hydrogen-bond acceptors (Lipinski definition) is 4. The molecular weight excluding hydrogens is 356 g/mol. The van der Waals surface area contributed by atoms with Crippen LogP contribution in [0.3, 0.4) is 0 Å². The van der Waals surface area contributed by atoms with Crippen molar-refractivity contribution in [1.29, 1.82) is 0 Å². The maximum Gasteiger partial charge on any atom is 0.251 e. The van der Waals surface area contributed by atoms with E-state index in [4.69, 9.17) is 9.47 Å². The molecule has 6 nitrogen and oxygen atoms in total. The molecular formula is C22H26N2O4. The zero-order chi connectivity index (χ0) is 19.9. The number of nitrogens with zero attached hydrogens (tertiary/aromatic N) is 1. The van der Waals surface area contributed by atoms with Crippen LogP contribution < -0.4 is 14.8 Å². The normalized spacial score (nSPS) is 14.4. The van der Waals surface area contributed by atoms with Gasteiger partial charge in [0.2, 0.25) is 5.91 Å². The highest BCUT2D eigenvalue weighted by Gasteiger charge is 2.24. The molecule has 1 N–H and O–H groups in total. The summed E-state index contributed by atoms with van der Waals surface area (Å²) in [4.78, 5) is 26.8. The van der Waals surface area contributed by atoms with Crippen molar-refractivity contribution in [2.24, 2.45) is 0 Å². The Morgan fingerprint density at radius 2 is 1.75 bits per heavy atom. The molecule has 2 aromatic rings. The zero-order valence-electron chi connectivity index (χ0n) is 16.3. The standard InChI is InChI=1S/C22H26N2O4/c1-27-19-9-8-17(20(15-19)28-2)14-21(25)24-12-10-18(11-13-24)23-22(26)16-6-4-3-5-7-16/h3-9,15,18H,10-14H2,1-2H3,(H,23,26). The molecule has 0 spiro atoms. The van der Waals surface area contributed by atoms with Crippen molar-refractivity contribution >= 4 is 11.8 Å². The molecule has 1 saturated heterocycles. The van der Waals surface area contributed by atoms with Crippen molar-refractivity contribution in [3.8, 4) is 11.5 Å². The molecule has 148 valence electrons. The van der Waals surface area contributed by atoms with Gasteiger partial charge < -0.3 is 19.7 Å². The van der Waals surface area contributed by atoms with Crippen molar-refractivity contribution in [1.82, 2.24) is 10.2 Å². The monoisotopic (exact) mass is 382 g/mol. The van der Waals surface area contributed by atoms with Crippen molar-refractivity contribution in [2.45, 2.75) is 25.3 Å². The van der Waals surface area contributed by atoms with Crippen LogP contribution in [-0.2, 0) is 11.2 Å². The van der Waals surface area contributed by atoms with Crippen molar-refractivity contribution < 1.29 is 19.1 Å². The van der Waals surface area contributed by atoms with Crippen LogP contribution in [0, 0.1) is 0 Å². The molecule has 0 aromatic heterocycles. The quantitative estimate of drug-likeness (QED) is 0.834. The largest absolute Gasteiger partial charge is 0.497 e. The summed E-state index contributed by atoms with van der Waals surface area (Å²) >= 11 is 0. The minimum atomic E-state index is -0.0617. The number of piperidine rings is 1. The van der Waals surface area contributed by atoms with E-state index in [-0.39, 0.29) is 24.3 Å². The second kappa shape index (κ2) is 9.26. The highest BCUT2D eigenvalue weighted by Crippen LogP contribution is 2.25. The number of carbonyl (C=O) groups excluding carboxylic acids is 2. The number of carbonyl (C=O) groups is 2. The van der Waals surface area contributed by atoms with E-state index in [2.05, 4.69) is 5.32 Å². The van der Waals surface area contributed by atoms with Crippen LogP contribution >= 0.6 is 0 Å². The lowest BCUT2D eigenvalue weighted by Gasteiger charge is -2.32. The van der Waals surface area contributed by atoms with Gasteiger partial charge in [-0.3, -0.25) is 9.59 Å². The average Bonchev–Trinajstić information content (AvgIpc) is 2.75. The summed E-state index contributed by atoms with van der Waals surface area (Å²) in [7, 11) is 3.18. The van der Waals surface area contributed by atoms with E-state index in [1.54, 1.807) is 32.4 Å². The fourth-order valence-electron chi connectivity index (χ4n) is 3.40. The van der Waals surface area contributed by atoms with Gasteiger partial charge in [-0.2, -0.15) is 0 Å². The molecule has 2 aromatic carbocycles. The Kier molecular flexibility index (Phi) is 6.53. The van der Waals surface area contributed by atoms with Crippen LogP contribution in [0.5, 0.6) is 11.5 Å². The van der Waals surface area contributed by atoms with Gasteiger partial charge in [0.25, 0.3) is 5.91 Å². The predicted molar refractivity (Wildman–Crippen MR) is 107 cm³/mol. The van der Waals surface area contributed by atoms with Gasteiger partial charge in [0.05, 0.1) is 20.6 Å². The Morgan fingerprint density at radius 3 is 2.39 bits per heavy atom. The molecule has 6 heteroatoms. The summed E-state index contributed by atoms with van der Waals surface area (Å²) in [5.74, 6) is 1.35.